The van der Waals surface area contributed by atoms with Crippen molar-refractivity contribution >= 4 is 38.0 Å². The largest absolute Gasteiger partial charge is 0.453 e. The molecule has 0 radical (unpaired) electrons. The number of aliphatic hydroxyl groups excluding tert-OH is 1. The molecule has 1 fully saturated rings. The minimum Gasteiger partial charge on any atom is -0.453 e. The summed E-state index contributed by atoms with van der Waals surface area (Å²) in [6.07, 6.45) is 3.41. The van der Waals surface area contributed by atoms with Crippen molar-refractivity contribution in [2.24, 2.45) is 0 Å². The Balaban J connectivity index is 1.70. The smallest absolute Gasteiger partial charge is 0.172 e. The number of halogens is 1. The van der Waals surface area contributed by atoms with Gasteiger partial charge in [-0.05, 0) is 37.6 Å². The number of hydrogen-bond acceptors (Lipinski definition) is 5. The molecule has 1 saturated heterocycles. The zero-order valence-corrected chi connectivity index (χ0v) is 13.6. The summed E-state index contributed by atoms with van der Waals surface area (Å²) >= 11 is 3.49. The van der Waals surface area contributed by atoms with E-state index in [9.17, 15) is 5.11 Å². The Morgan fingerprint density at radius 1 is 1.36 bits per heavy atom. The quantitative estimate of drug-likeness (QED) is 0.759. The van der Waals surface area contributed by atoms with E-state index in [1.807, 2.05) is 18.2 Å². The van der Waals surface area contributed by atoms with E-state index < -0.39 is 0 Å². The van der Waals surface area contributed by atoms with Gasteiger partial charge < -0.3 is 9.52 Å². The van der Waals surface area contributed by atoms with E-state index in [0.717, 1.165) is 46.2 Å². The van der Waals surface area contributed by atoms with Crippen LogP contribution in [-0.4, -0.2) is 39.2 Å². The first-order chi connectivity index (χ1) is 10.7. The number of β-amino-alcohol motifs (C(OH)–C–C–N with tert-alkyl or cyclic N) is 1. The van der Waals surface area contributed by atoms with Crippen molar-refractivity contribution in [3.05, 3.63) is 34.7 Å². The maximum Gasteiger partial charge on any atom is 0.172 e. The summed E-state index contributed by atoms with van der Waals surface area (Å²) in [5.74, 6) is 0.768. The lowest BCUT2D eigenvalue weighted by Gasteiger charge is -2.29. The van der Waals surface area contributed by atoms with Gasteiger partial charge in [0, 0.05) is 16.4 Å². The molecule has 2 aromatic heterocycles. The molecule has 0 amide bonds. The predicted molar refractivity (Wildman–Crippen MR) is 87.5 cm³/mol. The number of rotatable bonds is 2. The molecule has 0 unspecified atom stereocenters. The normalized spacial score (nSPS) is 20.0. The third kappa shape index (κ3) is 2.62. The van der Waals surface area contributed by atoms with Gasteiger partial charge in [0.2, 0.25) is 0 Å². The van der Waals surface area contributed by atoms with Crippen LogP contribution in [0.3, 0.4) is 0 Å². The second kappa shape index (κ2) is 5.61. The number of hydrogen-bond donors (Lipinski definition) is 1. The summed E-state index contributed by atoms with van der Waals surface area (Å²) in [7, 11) is 0. The fourth-order valence-electron chi connectivity index (χ4n) is 3.02. The van der Waals surface area contributed by atoms with Gasteiger partial charge in [-0.1, -0.05) is 15.9 Å². The number of furan rings is 1. The van der Waals surface area contributed by atoms with E-state index in [4.69, 9.17) is 4.42 Å². The van der Waals surface area contributed by atoms with Gasteiger partial charge in [-0.15, -0.1) is 0 Å². The summed E-state index contributed by atoms with van der Waals surface area (Å²) in [6, 6.07) is 5.90. The first kappa shape index (κ1) is 14.1. The number of aromatic nitrogens is 2. The van der Waals surface area contributed by atoms with E-state index in [1.54, 1.807) is 6.20 Å². The highest BCUT2D eigenvalue weighted by molar-refractivity contribution is 9.10. The number of benzene rings is 1. The van der Waals surface area contributed by atoms with Gasteiger partial charge in [-0.2, -0.15) is 0 Å². The molecule has 3 heterocycles. The highest BCUT2D eigenvalue weighted by atomic mass is 79.9. The van der Waals surface area contributed by atoms with Crippen LogP contribution in [0.4, 0.5) is 0 Å². The van der Waals surface area contributed by atoms with E-state index >= 15 is 0 Å². The Morgan fingerprint density at radius 3 is 3.14 bits per heavy atom. The number of fused-ring (bicyclic) bond motifs is 3. The molecular weight excluding hydrogens is 346 g/mol. The van der Waals surface area contributed by atoms with Crippen molar-refractivity contribution in [1.82, 2.24) is 14.9 Å². The molecule has 0 aliphatic carbocycles. The second-order valence-electron chi connectivity index (χ2n) is 5.77. The van der Waals surface area contributed by atoms with E-state index in [0.29, 0.717) is 18.7 Å². The van der Waals surface area contributed by atoms with Crippen molar-refractivity contribution in [2.75, 3.05) is 13.1 Å². The number of nitrogens with zero attached hydrogens (tertiary/aromatic N) is 3. The SMILES string of the molecule is O[C@@H]1CCCN(Cc2ncc3oc4ccc(Br)cc4c3n2)C1. The van der Waals surface area contributed by atoms with Crippen LogP contribution in [0.2, 0.25) is 0 Å². The van der Waals surface area contributed by atoms with Crippen molar-refractivity contribution < 1.29 is 9.52 Å². The molecule has 0 bridgehead atoms. The zero-order chi connectivity index (χ0) is 15.1. The lowest BCUT2D eigenvalue weighted by atomic mass is 10.1. The van der Waals surface area contributed by atoms with E-state index in [1.165, 1.54) is 0 Å². The number of piperidine rings is 1. The Morgan fingerprint density at radius 2 is 2.27 bits per heavy atom. The molecule has 114 valence electrons. The summed E-state index contributed by atoms with van der Waals surface area (Å²) < 4.78 is 6.77. The topological polar surface area (TPSA) is 62.4 Å². The second-order valence-corrected chi connectivity index (χ2v) is 6.69. The Hall–Kier alpha value is -1.50. The van der Waals surface area contributed by atoms with E-state index in [-0.39, 0.29) is 6.10 Å². The van der Waals surface area contributed by atoms with Crippen LogP contribution >= 0.6 is 15.9 Å². The van der Waals surface area contributed by atoms with Crippen molar-refractivity contribution in [3.8, 4) is 0 Å². The van der Waals surface area contributed by atoms with Gasteiger partial charge in [-0.3, -0.25) is 4.90 Å². The fourth-order valence-corrected chi connectivity index (χ4v) is 3.38. The minimum atomic E-state index is -0.233. The molecule has 6 heteroatoms. The van der Waals surface area contributed by atoms with Gasteiger partial charge in [0.15, 0.2) is 5.58 Å². The highest BCUT2D eigenvalue weighted by Crippen LogP contribution is 2.29. The molecule has 3 aromatic rings. The Kier molecular flexibility index (Phi) is 3.60. The maximum atomic E-state index is 9.77. The fraction of sp³-hybridized carbons (Fsp3) is 0.375. The molecule has 5 nitrogen and oxygen atoms in total. The predicted octanol–water partition coefficient (Wildman–Crippen LogP) is 3.10. The molecule has 1 atom stereocenters. The third-order valence-electron chi connectivity index (χ3n) is 4.07. The molecule has 0 spiro atoms. The highest BCUT2D eigenvalue weighted by Gasteiger charge is 2.19. The molecule has 4 rings (SSSR count). The van der Waals surface area contributed by atoms with Crippen molar-refractivity contribution in [2.45, 2.75) is 25.5 Å². The first-order valence-electron chi connectivity index (χ1n) is 7.43. The molecule has 0 saturated carbocycles. The van der Waals surface area contributed by atoms with Crippen LogP contribution in [0, 0.1) is 0 Å². The molecule has 22 heavy (non-hydrogen) atoms. The zero-order valence-electron chi connectivity index (χ0n) is 12.0. The Bertz CT molecular complexity index is 833. The molecular formula is C16H16BrN3O2. The van der Waals surface area contributed by atoms with Crippen molar-refractivity contribution in [3.63, 3.8) is 0 Å². The van der Waals surface area contributed by atoms with Crippen molar-refractivity contribution in [1.29, 1.82) is 0 Å². The molecule has 1 N–H and O–H groups in total. The van der Waals surface area contributed by atoms with Gasteiger partial charge in [0.05, 0.1) is 18.8 Å². The molecule has 1 aliphatic rings. The average Bonchev–Trinajstić information content (AvgIpc) is 2.85. The lowest BCUT2D eigenvalue weighted by Crippen LogP contribution is -2.38. The maximum absolute atomic E-state index is 9.77. The summed E-state index contributed by atoms with van der Waals surface area (Å²) in [6.45, 7) is 2.34. The van der Waals surface area contributed by atoms with Crippen LogP contribution in [-0.2, 0) is 6.54 Å². The van der Waals surface area contributed by atoms with Crippen LogP contribution in [0.1, 0.15) is 18.7 Å². The van der Waals surface area contributed by atoms with Crippen LogP contribution in [0.15, 0.2) is 33.3 Å². The van der Waals surface area contributed by atoms with E-state index in [2.05, 4.69) is 30.8 Å². The number of likely N-dealkylation sites (tertiary alicyclic amines) is 1. The minimum absolute atomic E-state index is 0.233. The van der Waals surface area contributed by atoms with Gasteiger partial charge in [0.1, 0.15) is 16.9 Å². The molecule has 1 aliphatic heterocycles. The summed E-state index contributed by atoms with van der Waals surface area (Å²) in [5, 5.41) is 10.8. The van der Waals surface area contributed by atoms with Gasteiger partial charge >= 0.3 is 0 Å². The summed E-state index contributed by atoms with van der Waals surface area (Å²) in [4.78, 5) is 11.3. The lowest BCUT2D eigenvalue weighted by molar-refractivity contribution is 0.0655. The average molecular weight is 362 g/mol. The molecule has 1 aromatic carbocycles. The van der Waals surface area contributed by atoms with Gasteiger partial charge in [0.25, 0.3) is 0 Å². The number of aliphatic hydroxyl groups is 1. The summed E-state index contributed by atoms with van der Waals surface area (Å²) in [5.41, 5.74) is 2.37. The van der Waals surface area contributed by atoms with Gasteiger partial charge in [-0.25, -0.2) is 9.97 Å². The van der Waals surface area contributed by atoms with Crippen LogP contribution in [0.25, 0.3) is 22.1 Å². The monoisotopic (exact) mass is 361 g/mol. The third-order valence-corrected chi connectivity index (χ3v) is 4.56. The van der Waals surface area contributed by atoms with Crippen LogP contribution < -0.4 is 0 Å². The Labute approximate surface area is 136 Å². The first-order valence-corrected chi connectivity index (χ1v) is 8.22. The standard InChI is InChI=1S/C16H16BrN3O2/c17-10-3-4-13-12(6-10)16-14(22-13)7-18-15(19-16)9-20-5-1-2-11(21)8-20/h3-4,6-7,11,21H,1-2,5,8-9H2/t11-/m1/s1. The van der Waals surface area contributed by atoms with Crippen LogP contribution in [0.5, 0.6) is 0 Å².